The van der Waals surface area contributed by atoms with Gasteiger partial charge in [0.2, 0.25) is 0 Å². The quantitative estimate of drug-likeness (QED) is 0.386. The molecule has 0 saturated carbocycles. The molecular formula is C3H2K4O9. The summed E-state index contributed by atoms with van der Waals surface area (Å²) in [4.78, 5) is 25.0. The minimum absolute atomic E-state index is 0. The first-order valence-corrected chi connectivity index (χ1v) is 1.84. The van der Waals surface area contributed by atoms with Crippen molar-refractivity contribution in [3.8, 4) is 0 Å². The zero-order chi connectivity index (χ0) is 10.7. The van der Waals surface area contributed by atoms with Crippen LogP contribution in [0.5, 0.6) is 0 Å². The van der Waals surface area contributed by atoms with E-state index in [4.69, 9.17) is 45.0 Å². The summed E-state index contributed by atoms with van der Waals surface area (Å²) in [5.41, 5.74) is 0. The van der Waals surface area contributed by atoms with Crippen LogP contribution < -0.4 is 236 Å². The van der Waals surface area contributed by atoms with Crippen LogP contribution in [0.25, 0.3) is 0 Å². The van der Waals surface area contributed by atoms with Crippen LogP contribution in [0.1, 0.15) is 2.85 Å². The van der Waals surface area contributed by atoms with Crippen molar-refractivity contribution in [3.63, 3.8) is 0 Å². The van der Waals surface area contributed by atoms with Gasteiger partial charge in [0, 0.05) is 0 Å². The van der Waals surface area contributed by atoms with Gasteiger partial charge >= 0.3 is 208 Å². The molecule has 0 aliphatic rings. The van der Waals surface area contributed by atoms with Crippen molar-refractivity contribution >= 4 is 18.5 Å². The Labute approximate surface area is 263 Å². The van der Waals surface area contributed by atoms with Crippen molar-refractivity contribution in [3.05, 3.63) is 0 Å². The van der Waals surface area contributed by atoms with E-state index in [-0.39, 0.29) is 208 Å². The molecule has 0 atom stereocenters. The Morgan fingerprint density at radius 3 is 0.500 bits per heavy atom. The largest absolute Gasteiger partial charge is 1.00 e. The Morgan fingerprint density at radius 2 is 0.500 bits per heavy atom. The minimum Gasteiger partial charge on any atom is -0.652 e. The molecule has 0 aliphatic carbocycles. The monoisotopic (exact) mass is 338 g/mol. The third kappa shape index (κ3) is 291. The van der Waals surface area contributed by atoms with Gasteiger partial charge in [0.25, 0.3) is 0 Å². The second-order valence-electron chi connectivity index (χ2n) is 0.750. The maximum atomic E-state index is 8.33. The number of carboxylic acid groups (broad SMARTS) is 6. The Balaban J connectivity index is -0.00000000827. The number of carbonyl (C=O) groups excluding carboxylic acids is 3. The fraction of sp³-hybridized carbons (Fsp3) is 0. The maximum absolute atomic E-state index is 8.33. The van der Waals surface area contributed by atoms with Crippen LogP contribution in [0.15, 0.2) is 0 Å². The zero-order valence-corrected chi connectivity index (χ0v) is 21.7. The molecule has 0 aliphatic heterocycles. The van der Waals surface area contributed by atoms with Crippen LogP contribution in [0.3, 0.4) is 0 Å². The summed E-state index contributed by atoms with van der Waals surface area (Å²) in [6.45, 7) is 0. The summed E-state index contributed by atoms with van der Waals surface area (Å²) in [5, 5.41) is 50.0. The molecule has 0 aromatic heterocycles. The third-order valence-electron chi connectivity index (χ3n) is 0. The first-order chi connectivity index (χ1) is 5.20. The molecular weight excluding hydrogens is 336 g/mol. The molecule has 9 nitrogen and oxygen atoms in total. The SMILES string of the molecule is O=C([O-])[O-].O=C([O-])[O-].O=C([O-])[O-].[H+].[H+].[K+].[K+].[K+].[K+]. The fourth-order valence-electron chi connectivity index (χ4n) is 0. The molecule has 0 unspecified atom stereocenters. The van der Waals surface area contributed by atoms with E-state index >= 15 is 0 Å². The van der Waals surface area contributed by atoms with Crippen LogP contribution in [0.4, 0.5) is 14.4 Å². The molecule has 0 saturated heterocycles. The first-order valence-electron chi connectivity index (χ1n) is 1.84. The number of hydrogen-bond acceptors (Lipinski definition) is 9. The molecule has 16 heavy (non-hydrogen) atoms. The topological polar surface area (TPSA) is 190 Å². The van der Waals surface area contributed by atoms with Crippen LogP contribution in [-0.4, -0.2) is 18.5 Å². The van der Waals surface area contributed by atoms with Gasteiger partial charge in [-0.05, 0) is 18.5 Å². The fourth-order valence-corrected chi connectivity index (χ4v) is 0. The predicted octanol–water partition coefficient (Wildman–Crippen LogP) is -19.1. The van der Waals surface area contributed by atoms with Crippen LogP contribution >= 0.6 is 0 Å². The van der Waals surface area contributed by atoms with E-state index in [2.05, 4.69) is 0 Å². The van der Waals surface area contributed by atoms with E-state index in [1.54, 1.807) is 0 Å². The van der Waals surface area contributed by atoms with Gasteiger partial charge in [0.15, 0.2) is 0 Å². The molecule has 72 valence electrons. The number of carbonyl (C=O) groups is 3. The zero-order valence-electron chi connectivity index (χ0n) is 11.2. The van der Waals surface area contributed by atoms with Gasteiger partial charge in [-0.1, -0.05) is 0 Å². The molecule has 0 spiro atoms. The number of rotatable bonds is 0. The molecule has 0 N–H and O–H groups in total. The van der Waals surface area contributed by atoms with E-state index in [1.165, 1.54) is 0 Å². The van der Waals surface area contributed by atoms with Crippen molar-refractivity contribution in [2.24, 2.45) is 0 Å². The normalized spacial score (nSPS) is 4.50. The van der Waals surface area contributed by atoms with E-state index in [1.807, 2.05) is 0 Å². The summed E-state index contributed by atoms with van der Waals surface area (Å²) < 4.78 is 0. The second-order valence-corrected chi connectivity index (χ2v) is 0.750. The van der Waals surface area contributed by atoms with Gasteiger partial charge in [0.1, 0.15) is 0 Å². The van der Waals surface area contributed by atoms with E-state index < -0.39 is 18.5 Å². The van der Waals surface area contributed by atoms with Crippen molar-refractivity contribution < 1.29 is 253 Å². The van der Waals surface area contributed by atoms with Crippen LogP contribution in [-0.2, 0) is 0 Å². The Kier molecular flexibility index (Phi) is 97.7. The Bertz CT molecular complexity index is 129. The number of hydrogen-bond donors (Lipinski definition) is 0. The molecule has 0 radical (unpaired) electrons. The van der Waals surface area contributed by atoms with Crippen LogP contribution in [0, 0.1) is 0 Å². The average molecular weight is 338 g/mol. The van der Waals surface area contributed by atoms with Gasteiger partial charge < -0.3 is 45.0 Å². The molecule has 0 fully saturated rings. The second kappa shape index (κ2) is 36.6. The third-order valence-corrected chi connectivity index (χ3v) is 0. The van der Waals surface area contributed by atoms with Crippen molar-refractivity contribution in [1.82, 2.24) is 0 Å². The van der Waals surface area contributed by atoms with Gasteiger partial charge in [0.05, 0.1) is 0 Å². The molecule has 0 bridgehead atoms. The van der Waals surface area contributed by atoms with E-state index in [0.717, 1.165) is 0 Å². The average Bonchev–Trinajstić information content (AvgIpc) is 1.54. The molecule has 0 heterocycles. The molecule has 0 aromatic rings. The Morgan fingerprint density at radius 1 is 0.500 bits per heavy atom. The van der Waals surface area contributed by atoms with Crippen molar-refractivity contribution in [2.45, 2.75) is 0 Å². The first kappa shape index (κ1) is 42.8. The summed E-state index contributed by atoms with van der Waals surface area (Å²) in [5.74, 6) is 0. The van der Waals surface area contributed by atoms with Gasteiger partial charge in [-0.25, -0.2) is 0 Å². The maximum Gasteiger partial charge on any atom is 1.00 e. The summed E-state index contributed by atoms with van der Waals surface area (Å²) in [7, 11) is 0. The van der Waals surface area contributed by atoms with Gasteiger partial charge in [-0.2, -0.15) is 0 Å². The molecule has 0 rings (SSSR count). The summed E-state index contributed by atoms with van der Waals surface area (Å²) >= 11 is 0. The van der Waals surface area contributed by atoms with Crippen molar-refractivity contribution in [2.75, 3.05) is 0 Å². The molecule has 0 amide bonds. The smallest absolute Gasteiger partial charge is 0.652 e. The minimum atomic E-state index is -2.33. The standard InChI is InChI=1S/3CH2O3.4K/c3*2-1(3)4;;;;/h3*(H2,2,3,4);;;;/q;;;4*+1/p-4. The molecule has 0 aromatic carbocycles. The van der Waals surface area contributed by atoms with Crippen LogP contribution in [0.2, 0.25) is 0 Å². The van der Waals surface area contributed by atoms with Gasteiger partial charge in [-0.3, -0.25) is 0 Å². The van der Waals surface area contributed by atoms with E-state index in [0.29, 0.717) is 0 Å². The Hall–Kier alpha value is 4.36. The van der Waals surface area contributed by atoms with Crippen molar-refractivity contribution in [1.29, 1.82) is 0 Å². The van der Waals surface area contributed by atoms with E-state index in [9.17, 15) is 0 Å². The summed E-state index contributed by atoms with van der Waals surface area (Å²) in [6, 6.07) is 0. The predicted molar refractivity (Wildman–Crippen MR) is 18.4 cm³/mol. The molecule has 13 heteroatoms. The summed E-state index contributed by atoms with van der Waals surface area (Å²) in [6.07, 6.45) is -7.00. The van der Waals surface area contributed by atoms with Gasteiger partial charge in [-0.15, -0.1) is 0 Å².